The third-order valence-electron chi connectivity index (χ3n) is 4.30. The molecule has 2 unspecified atom stereocenters. The summed E-state index contributed by atoms with van der Waals surface area (Å²) in [5, 5.41) is 5.27. The van der Waals surface area contributed by atoms with Gasteiger partial charge in [0.2, 0.25) is 5.95 Å². The van der Waals surface area contributed by atoms with Crippen LogP contribution in [0.5, 0.6) is 0 Å². The normalized spacial score (nSPS) is 22.9. The van der Waals surface area contributed by atoms with Crippen LogP contribution >= 0.6 is 11.8 Å². The minimum Gasteiger partial charge on any atom is -0.369 e. The molecule has 0 aromatic carbocycles. The van der Waals surface area contributed by atoms with Gasteiger partial charge in [0.1, 0.15) is 5.52 Å². The number of fused-ring (bicyclic) bond motifs is 1. The fraction of sp³-hybridized carbons (Fsp3) is 0.714. The summed E-state index contributed by atoms with van der Waals surface area (Å²) in [4.78, 5) is 4.61. The molecule has 5 nitrogen and oxygen atoms in total. The zero-order chi connectivity index (χ0) is 14.3. The van der Waals surface area contributed by atoms with Crippen LogP contribution in [0.25, 0.3) is 11.2 Å². The van der Waals surface area contributed by atoms with E-state index in [4.69, 9.17) is 5.73 Å². The minimum atomic E-state index is 0.458. The number of imidazole rings is 1. The maximum absolute atomic E-state index is 6.23. The number of anilines is 1. The highest BCUT2D eigenvalue weighted by Gasteiger charge is 2.32. The van der Waals surface area contributed by atoms with E-state index in [1.807, 2.05) is 23.5 Å². The summed E-state index contributed by atoms with van der Waals surface area (Å²) in [6, 6.07) is 0.458. The molecule has 0 saturated heterocycles. The number of rotatable bonds is 4. The zero-order valence-corrected chi connectivity index (χ0v) is 13.3. The van der Waals surface area contributed by atoms with Gasteiger partial charge in [0.05, 0.1) is 11.7 Å². The monoisotopic (exact) mass is 293 g/mol. The summed E-state index contributed by atoms with van der Waals surface area (Å²) >= 11 is 1.95. The van der Waals surface area contributed by atoms with Gasteiger partial charge in [0, 0.05) is 12.3 Å². The van der Waals surface area contributed by atoms with Crippen molar-refractivity contribution in [3.8, 4) is 0 Å². The van der Waals surface area contributed by atoms with E-state index in [1.54, 1.807) is 0 Å². The molecule has 1 fully saturated rings. The Morgan fingerprint density at radius 1 is 1.40 bits per heavy atom. The first-order valence-electron chi connectivity index (χ1n) is 7.39. The second-order valence-electron chi connectivity index (χ2n) is 5.60. The van der Waals surface area contributed by atoms with Gasteiger partial charge in [0.25, 0.3) is 0 Å². The Morgan fingerprint density at radius 2 is 2.20 bits per heavy atom. The predicted molar refractivity (Wildman–Crippen MR) is 85.1 cm³/mol. The predicted octanol–water partition coefficient (Wildman–Crippen LogP) is 2.76. The van der Waals surface area contributed by atoms with Crippen molar-refractivity contribution in [2.24, 2.45) is 7.05 Å². The largest absolute Gasteiger partial charge is 0.369 e. The Balaban J connectivity index is 2.13. The number of nitrogens with zero attached hydrogens (tertiary/aromatic N) is 4. The SMILES string of the molecule is CCCc1nn(C)c2c1nc(N)n2C1CCCC1SC. The molecular weight excluding hydrogens is 270 g/mol. The van der Waals surface area contributed by atoms with Gasteiger partial charge in [-0.1, -0.05) is 19.8 Å². The van der Waals surface area contributed by atoms with E-state index in [-0.39, 0.29) is 0 Å². The van der Waals surface area contributed by atoms with Crippen molar-refractivity contribution >= 4 is 28.9 Å². The smallest absolute Gasteiger partial charge is 0.202 e. The Labute approximate surface area is 123 Å². The van der Waals surface area contributed by atoms with E-state index in [0.29, 0.717) is 17.2 Å². The molecule has 0 aliphatic heterocycles. The standard InChI is InChI=1S/C14H23N5S/c1-4-6-9-12-13(18(2)17-9)19(14(15)16-12)10-7-5-8-11(10)20-3/h10-11H,4-8H2,1-3H3,(H2,15,16). The number of aromatic nitrogens is 4. The number of aryl methyl sites for hydroxylation is 2. The molecule has 0 radical (unpaired) electrons. The molecule has 6 heteroatoms. The van der Waals surface area contributed by atoms with Gasteiger partial charge in [-0.05, 0) is 25.5 Å². The number of nitrogen functional groups attached to an aromatic ring is 1. The second-order valence-corrected chi connectivity index (χ2v) is 6.68. The summed E-state index contributed by atoms with van der Waals surface area (Å²) in [5.74, 6) is 0.649. The van der Waals surface area contributed by atoms with Crippen molar-refractivity contribution in [2.45, 2.75) is 50.3 Å². The van der Waals surface area contributed by atoms with Gasteiger partial charge in [-0.3, -0.25) is 9.25 Å². The fourth-order valence-corrected chi connectivity index (χ4v) is 4.40. The van der Waals surface area contributed by atoms with Crippen molar-refractivity contribution in [3.63, 3.8) is 0 Å². The van der Waals surface area contributed by atoms with Gasteiger partial charge in [-0.15, -0.1) is 0 Å². The van der Waals surface area contributed by atoms with E-state index >= 15 is 0 Å². The van der Waals surface area contributed by atoms with E-state index in [2.05, 4.69) is 27.8 Å². The average Bonchev–Trinajstić information content (AvgIpc) is 3.07. The van der Waals surface area contributed by atoms with Gasteiger partial charge >= 0.3 is 0 Å². The first-order valence-corrected chi connectivity index (χ1v) is 8.68. The molecule has 2 aromatic rings. The molecule has 1 aliphatic rings. The first-order chi connectivity index (χ1) is 9.67. The van der Waals surface area contributed by atoms with Gasteiger partial charge in [-0.2, -0.15) is 16.9 Å². The Bertz CT molecular complexity index is 615. The molecular formula is C14H23N5S. The lowest BCUT2D eigenvalue weighted by atomic mass is 10.2. The maximum atomic E-state index is 6.23. The van der Waals surface area contributed by atoms with Crippen LogP contribution in [-0.2, 0) is 13.5 Å². The fourth-order valence-electron chi connectivity index (χ4n) is 3.43. The maximum Gasteiger partial charge on any atom is 0.202 e. The van der Waals surface area contributed by atoms with Crippen molar-refractivity contribution in [1.82, 2.24) is 19.3 Å². The molecule has 1 saturated carbocycles. The number of nitrogens with two attached hydrogens (primary N) is 1. The minimum absolute atomic E-state index is 0.458. The van der Waals surface area contributed by atoms with Crippen LogP contribution in [0.3, 0.4) is 0 Å². The van der Waals surface area contributed by atoms with Crippen LogP contribution in [-0.4, -0.2) is 30.8 Å². The molecule has 0 spiro atoms. The summed E-state index contributed by atoms with van der Waals surface area (Å²) in [5.41, 5.74) is 9.40. The molecule has 1 aliphatic carbocycles. The Kier molecular flexibility index (Phi) is 3.67. The Hall–Kier alpha value is -1.17. The lowest BCUT2D eigenvalue weighted by Crippen LogP contribution is -2.19. The van der Waals surface area contributed by atoms with Crippen LogP contribution in [0.1, 0.15) is 44.3 Å². The topological polar surface area (TPSA) is 61.7 Å². The highest BCUT2D eigenvalue weighted by molar-refractivity contribution is 7.99. The lowest BCUT2D eigenvalue weighted by molar-refractivity contribution is 0.536. The molecule has 0 amide bonds. The second kappa shape index (κ2) is 5.31. The van der Waals surface area contributed by atoms with Crippen molar-refractivity contribution in [2.75, 3.05) is 12.0 Å². The summed E-state index contributed by atoms with van der Waals surface area (Å²) < 4.78 is 4.19. The third-order valence-corrected chi connectivity index (χ3v) is 5.46. The van der Waals surface area contributed by atoms with Gasteiger partial charge in [0.15, 0.2) is 5.65 Å². The van der Waals surface area contributed by atoms with Gasteiger partial charge in [-0.25, -0.2) is 4.98 Å². The Morgan fingerprint density at radius 3 is 2.90 bits per heavy atom. The third kappa shape index (κ3) is 2.01. The van der Waals surface area contributed by atoms with Crippen molar-refractivity contribution in [1.29, 1.82) is 0 Å². The van der Waals surface area contributed by atoms with E-state index < -0.39 is 0 Å². The van der Waals surface area contributed by atoms with E-state index in [9.17, 15) is 0 Å². The average molecular weight is 293 g/mol. The first kappa shape index (κ1) is 13.8. The summed E-state index contributed by atoms with van der Waals surface area (Å²) in [6.07, 6.45) is 7.97. The van der Waals surface area contributed by atoms with Crippen LogP contribution in [0.2, 0.25) is 0 Å². The highest BCUT2D eigenvalue weighted by atomic mass is 32.2. The quantitative estimate of drug-likeness (QED) is 0.941. The van der Waals surface area contributed by atoms with Crippen LogP contribution < -0.4 is 5.73 Å². The van der Waals surface area contributed by atoms with Crippen LogP contribution in [0, 0.1) is 0 Å². The summed E-state index contributed by atoms with van der Waals surface area (Å²) in [6.45, 7) is 2.17. The molecule has 2 aromatic heterocycles. The zero-order valence-electron chi connectivity index (χ0n) is 12.5. The highest BCUT2D eigenvalue weighted by Crippen LogP contribution is 2.40. The lowest BCUT2D eigenvalue weighted by Gasteiger charge is -2.21. The molecule has 2 atom stereocenters. The van der Waals surface area contributed by atoms with Crippen LogP contribution in [0.15, 0.2) is 0 Å². The number of thioether (sulfide) groups is 1. The number of hydrogen-bond donors (Lipinski definition) is 1. The molecule has 3 rings (SSSR count). The van der Waals surface area contributed by atoms with E-state index in [1.165, 1.54) is 19.3 Å². The molecule has 0 bridgehead atoms. The van der Waals surface area contributed by atoms with Gasteiger partial charge < -0.3 is 5.73 Å². The molecule has 20 heavy (non-hydrogen) atoms. The van der Waals surface area contributed by atoms with E-state index in [0.717, 1.165) is 29.7 Å². The summed E-state index contributed by atoms with van der Waals surface area (Å²) in [7, 11) is 2.00. The number of hydrogen-bond acceptors (Lipinski definition) is 4. The van der Waals surface area contributed by atoms with Crippen LogP contribution in [0.4, 0.5) is 5.95 Å². The molecule has 110 valence electrons. The van der Waals surface area contributed by atoms with Crippen molar-refractivity contribution in [3.05, 3.63) is 5.69 Å². The molecule has 2 heterocycles. The van der Waals surface area contributed by atoms with Crippen molar-refractivity contribution < 1.29 is 0 Å². The molecule has 2 N–H and O–H groups in total.